The van der Waals surface area contributed by atoms with Crippen LogP contribution in [-0.2, 0) is 0 Å². The molecule has 0 amide bonds. The zero-order valence-electron chi connectivity index (χ0n) is 6.91. The Morgan fingerprint density at radius 1 is 1.33 bits per heavy atom. The van der Waals surface area contributed by atoms with Crippen molar-refractivity contribution in [2.45, 2.75) is 40.5 Å². The van der Waals surface area contributed by atoms with Crippen molar-refractivity contribution in [2.75, 3.05) is 0 Å². The molecule has 0 nitrogen and oxygen atoms in total. The van der Waals surface area contributed by atoms with Crippen molar-refractivity contribution in [1.82, 2.24) is 0 Å². The van der Waals surface area contributed by atoms with Gasteiger partial charge in [-0.3, -0.25) is 0 Å². The SMILES string of the molecule is CC(C)=C1CCC1(C)C. The fraction of sp³-hybridized carbons (Fsp3) is 0.778. The van der Waals surface area contributed by atoms with E-state index in [0.717, 1.165) is 0 Å². The molecular weight excluding hydrogens is 108 g/mol. The molecule has 0 unspecified atom stereocenters. The third kappa shape index (κ3) is 1.03. The maximum absolute atomic E-state index is 2.33. The molecule has 1 fully saturated rings. The van der Waals surface area contributed by atoms with E-state index in [1.54, 1.807) is 5.57 Å². The van der Waals surface area contributed by atoms with E-state index in [9.17, 15) is 0 Å². The predicted octanol–water partition coefficient (Wildman–Crippen LogP) is 3.14. The van der Waals surface area contributed by atoms with Gasteiger partial charge in [-0.2, -0.15) is 0 Å². The Bertz CT molecular complexity index is 145. The van der Waals surface area contributed by atoms with Gasteiger partial charge in [0.2, 0.25) is 0 Å². The largest absolute Gasteiger partial charge is 0.0767 e. The van der Waals surface area contributed by atoms with Gasteiger partial charge in [0.05, 0.1) is 0 Å². The molecule has 0 heteroatoms. The molecule has 0 spiro atoms. The summed E-state index contributed by atoms with van der Waals surface area (Å²) in [6.07, 6.45) is 2.73. The lowest BCUT2D eigenvalue weighted by Crippen LogP contribution is -2.26. The minimum absolute atomic E-state index is 0.541. The van der Waals surface area contributed by atoms with Crippen molar-refractivity contribution in [2.24, 2.45) is 5.41 Å². The second-order valence-electron chi connectivity index (χ2n) is 3.86. The van der Waals surface area contributed by atoms with E-state index >= 15 is 0 Å². The lowest BCUT2D eigenvalue weighted by Gasteiger charge is -2.39. The Balaban J connectivity index is 2.77. The highest BCUT2D eigenvalue weighted by Crippen LogP contribution is 2.46. The Morgan fingerprint density at radius 2 is 1.89 bits per heavy atom. The molecule has 0 aliphatic heterocycles. The van der Waals surface area contributed by atoms with Crippen LogP contribution in [0.1, 0.15) is 40.5 Å². The predicted molar refractivity (Wildman–Crippen MR) is 41.4 cm³/mol. The van der Waals surface area contributed by atoms with Gasteiger partial charge >= 0.3 is 0 Å². The van der Waals surface area contributed by atoms with Crippen LogP contribution < -0.4 is 0 Å². The first-order chi connectivity index (χ1) is 4.04. The van der Waals surface area contributed by atoms with Gasteiger partial charge in [0.15, 0.2) is 0 Å². The van der Waals surface area contributed by atoms with Crippen LogP contribution in [0.25, 0.3) is 0 Å². The molecule has 0 aromatic rings. The van der Waals surface area contributed by atoms with Crippen molar-refractivity contribution in [3.05, 3.63) is 11.1 Å². The number of rotatable bonds is 0. The van der Waals surface area contributed by atoms with Crippen LogP contribution in [0, 0.1) is 5.41 Å². The van der Waals surface area contributed by atoms with Gasteiger partial charge in [-0.15, -0.1) is 0 Å². The fourth-order valence-corrected chi connectivity index (χ4v) is 1.68. The minimum atomic E-state index is 0.541. The first-order valence-corrected chi connectivity index (χ1v) is 3.71. The molecule has 1 saturated carbocycles. The van der Waals surface area contributed by atoms with Crippen molar-refractivity contribution < 1.29 is 0 Å². The summed E-state index contributed by atoms with van der Waals surface area (Å²) in [5.74, 6) is 0. The van der Waals surface area contributed by atoms with E-state index in [1.165, 1.54) is 18.4 Å². The summed E-state index contributed by atoms with van der Waals surface area (Å²) in [4.78, 5) is 0. The third-order valence-electron chi connectivity index (χ3n) is 2.42. The number of hydrogen-bond donors (Lipinski definition) is 0. The average Bonchev–Trinajstić information content (AvgIpc) is 1.62. The molecule has 0 aromatic carbocycles. The molecule has 1 aliphatic rings. The smallest absolute Gasteiger partial charge is 0.0139 e. The summed E-state index contributed by atoms with van der Waals surface area (Å²) in [5.41, 5.74) is 3.76. The van der Waals surface area contributed by atoms with E-state index in [0.29, 0.717) is 5.41 Å². The Labute approximate surface area is 58.0 Å². The maximum atomic E-state index is 2.33. The second-order valence-corrected chi connectivity index (χ2v) is 3.86. The molecule has 1 aliphatic carbocycles. The summed E-state index contributed by atoms with van der Waals surface area (Å²) >= 11 is 0. The standard InChI is InChI=1S/C9H16/c1-7(2)8-5-6-9(8,3)4/h5-6H2,1-4H3. The highest BCUT2D eigenvalue weighted by Gasteiger charge is 2.32. The lowest BCUT2D eigenvalue weighted by molar-refractivity contribution is 0.301. The van der Waals surface area contributed by atoms with Gasteiger partial charge in [-0.25, -0.2) is 0 Å². The molecule has 52 valence electrons. The average molecular weight is 124 g/mol. The summed E-state index contributed by atoms with van der Waals surface area (Å²) in [6.45, 7) is 9.10. The molecule has 9 heavy (non-hydrogen) atoms. The van der Waals surface area contributed by atoms with Crippen molar-refractivity contribution in [3.63, 3.8) is 0 Å². The van der Waals surface area contributed by atoms with Crippen LogP contribution >= 0.6 is 0 Å². The van der Waals surface area contributed by atoms with E-state index in [-0.39, 0.29) is 0 Å². The maximum Gasteiger partial charge on any atom is -0.0139 e. The summed E-state index contributed by atoms with van der Waals surface area (Å²) < 4.78 is 0. The van der Waals surface area contributed by atoms with Gasteiger partial charge in [-0.1, -0.05) is 25.0 Å². The molecule has 0 bridgehead atoms. The van der Waals surface area contributed by atoms with Gasteiger partial charge < -0.3 is 0 Å². The zero-order valence-corrected chi connectivity index (χ0v) is 6.91. The van der Waals surface area contributed by atoms with Gasteiger partial charge in [0, 0.05) is 0 Å². The minimum Gasteiger partial charge on any atom is -0.0767 e. The molecule has 1 rings (SSSR count). The van der Waals surface area contributed by atoms with Crippen LogP contribution in [0.5, 0.6) is 0 Å². The zero-order chi connectivity index (χ0) is 7.07. The number of allylic oxidation sites excluding steroid dienone is 2. The van der Waals surface area contributed by atoms with E-state index < -0.39 is 0 Å². The van der Waals surface area contributed by atoms with Crippen LogP contribution in [0.3, 0.4) is 0 Å². The summed E-state index contributed by atoms with van der Waals surface area (Å²) in [6, 6.07) is 0. The lowest BCUT2D eigenvalue weighted by atomic mass is 9.66. The highest BCUT2D eigenvalue weighted by atomic mass is 14.4. The van der Waals surface area contributed by atoms with Crippen molar-refractivity contribution in [3.8, 4) is 0 Å². The molecule has 0 N–H and O–H groups in total. The Kier molecular flexibility index (Phi) is 1.42. The normalized spacial score (nSPS) is 23.3. The van der Waals surface area contributed by atoms with Crippen LogP contribution in [-0.4, -0.2) is 0 Å². The fourth-order valence-electron chi connectivity index (χ4n) is 1.68. The highest BCUT2D eigenvalue weighted by molar-refractivity contribution is 5.24. The molecular formula is C9H16. The van der Waals surface area contributed by atoms with Gasteiger partial charge in [0.1, 0.15) is 0 Å². The monoisotopic (exact) mass is 124 g/mol. The summed E-state index contributed by atoms with van der Waals surface area (Å²) in [7, 11) is 0. The molecule has 0 heterocycles. The van der Waals surface area contributed by atoms with Gasteiger partial charge in [0.25, 0.3) is 0 Å². The van der Waals surface area contributed by atoms with Crippen LogP contribution in [0.15, 0.2) is 11.1 Å². The first-order valence-electron chi connectivity index (χ1n) is 3.71. The van der Waals surface area contributed by atoms with E-state index in [2.05, 4.69) is 27.7 Å². The molecule has 0 radical (unpaired) electrons. The third-order valence-corrected chi connectivity index (χ3v) is 2.42. The summed E-state index contributed by atoms with van der Waals surface area (Å²) in [5, 5.41) is 0. The molecule has 0 atom stereocenters. The second kappa shape index (κ2) is 1.86. The molecule has 0 saturated heterocycles. The van der Waals surface area contributed by atoms with Crippen molar-refractivity contribution >= 4 is 0 Å². The van der Waals surface area contributed by atoms with Crippen LogP contribution in [0.2, 0.25) is 0 Å². The van der Waals surface area contributed by atoms with Crippen LogP contribution in [0.4, 0.5) is 0 Å². The Morgan fingerprint density at radius 3 is 1.89 bits per heavy atom. The molecule has 0 aromatic heterocycles. The van der Waals surface area contributed by atoms with E-state index in [4.69, 9.17) is 0 Å². The van der Waals surface area contributed by atoms with Gasteiger partial charge in [-0.05, 0) is 32.1 Å². The number of hydrogen-bond acceptors (Lipinski definition) is 0. The quantitative estimate of drug-likeness (QED) is 0.435. The Hall–Kier alpha value is -0.260. The van der Waals surface area contributed by atoms with E-state index in [1.807, 2.05) is 0 Å². The topological polar surface area (TPSA) is 0 Å². The van der Waals surface area contributed by atoms with Crippen molar-refractivity contribution in [1.29, 1.82) is 0 Å². The first kappa shape index (κ1) is 6.85.